The number of hydrogen-bond acceptors (Lipinski definition) is 5. The second-order valence-electron chi connectivity index (χ2n) is 5.90. The predicted molar refractivity (Wildman–Crippen MR) is 87.1 cm³/mol. The molecule has 1 amide bonds. The Hall–Kier alpha value is -2.28. The average Bonchev–Trinajstić information content (AvgIpc) is 2.57. The van der Waals surface area contributed by atoms with Crippen molar-refractivity contribution in [1.29, 1.82) is 0 Å². The van der Waals surface area contributed by atoms with Crippen molar-refractivity contribution in [1.82, 2.24) is 24.8 Å². The summed E-state index contributed by atoms with van der Waals surface area (Å²) >= 11 is 0. The van der Waals surface area contributed by atoms with E-state index in [1.54, 1.807) is 24.3 Å². The topological polar surface area (TPSA) is 71.3 Å². The van der Waals surface area contributed by atoms with Gasteiger partial charge in [0.2, 0.25) is 5.91 Å². The van der Waals surface area contributed by atoms with Crippen LogP contribution in [0.3, 0.4) is 0 Å². The first-order chi connectivity index (χ1) is 11.1. The average molecular weight is 315 g/mol. The van der Waals surface area contributed by atoms with Crippen molar-refractivity contribution in [3.63, 3.8) is 0 Å². The number of benzene rings is 1. The summed E-state index contributed by atoms with van der Waals surface area (Å²) in [5, 5.41) is 8.40. The molecular formula is C16H21N5O2. The van der Waals surface area contributed by atoms with E-state index in [1.807, 2.05) is 11.8 Å². The molecule has 122 valence electrons. The van der Waals surface area contributed by atoms with Crippen LogP contribution in [0.2, 0.25) is 0 Å². The van der Waals surface area contributed by atoms with Crippen molar-refractivity contribution in [2.45, 2.75) is 26.4 Å². The molecule has 0 aliphatic carbocycles. The number of aromatic nitrogens is 3. The quantitative estimate of drug-likeness (QED) is 0.817. The standard InChI is InChI=1S/C16H21N5O2/c1-3-19-8-9-20(12(2)10-19)15(22)11-21-16(23)13-6-4-5-7-14(13)17-18-21/h4-7,12H,3,8-11H2,1-2H3/t12-/m1/s1. The second kappa shape index (κ2) is 6.45. The Labute approximate surface area is 134 Å². The minimum Gasteiger partial charge on any atom is -0.336 e. The first kappa shape index (κ1) is 15.6. The highest BCUT2D eigenvalue weighted by Gasteiger charge is 2.27. The number of nitrogens with zero attached hydrogens (tertiary/aromatic N) is 5. The van der Waals surface area contributed by atoms with E-state index in [-0.39, 0.29) is 24.1 Å². The summed E-state index contributed by atoms with van der Waals surface area (Å²) in [6.07, 6.45) is 0. The molecule has 2 heterocycles. The largest absolute Gasteiger partial charge is 0.336 e. The summed E-state index contributed by atoms with van der Waals surface area (Å²) in [5.74, 6) is -0.0834. The van der Waals surface area contributed by atoms with Gasteiger partial charge in [-0.05, 0) is 25.6 Å². The summed E-state index contributed by atoms with van der Waals surface area (Å²) < 4.78 is 1.16. The maximum absolute atomic E-state index is 12.5. The summed E-state index contributed by atoms with van der Waals surface area (Å²) in [4.78, 5) is 29.1. The molecule has 0 saturated carbocycles. The van der Waals surface area contributed by atoms with Gasteiger partial charge in [0.25, 0.3) is 5.56 Å². The fourth-order valence-corrected chi connectivity index (χ4v) is 3.04. The van der Waals surface area contributed by atoms with Gasteiger partial charge in [0, 0.05) is 25.7 Å². The highest BCUT2D eigenvalue weighted by atomic mass is 16.2. The summed E-state index contributed by atoms with van der Waals surface area (Å²) in [5.41, 5.74) is 0.273. The Morgan fingerprint density at radius 3 is 2.83 bits per heavy atom. The third-order valence-electron chi connectivity index (χ3n) is 4.39. The zero-order chi connectivity index (χ0) is 16.4. The molecule has 1 aromatic carbocycles. The van der Waals surface area contributed by atoms with Crippen LogP contribution >= 0.6 is 0 Å². The van der Waals surface area contributed by atoms with Crippen LogP contribution in [0.4, 0.5) is 0 Å². The third-order valence-corrected chi connectivity index (χ3v) is 4.39. The lowest BCUT2D eigenvalue weighted by Gasteiger charge is -2.39. The molecule has 2 aromatic rings. The maximum Gasteiger partial charge on any atom is 0.278 e. The molecule has 1 atom stereocenters. The van der Waals surface area contributed by atoms with Crippen LogP contribution in [-0.4, -0.2) is 62.9 Å². The zero-order valence-electron chi connectivity index (χ0n) is 13.5. The Bertz CT molecular complexity index is 772. The normalized spacial score (nSPS) is 19.2. The van der Waals surface area contributed by atoms with Crippen molar-refractivity contribution in [2.75, 3.05) is 26.2 Å². The van der Waals surface area contributed by atoms with Gasteiger partial charge in [-0.1, -0.05) is 24.3 Å². The van der Waals surface area contributed by atoms with Gasteiger partial charge in [-0.2, -0.15) is 0 Å². The third kappa shape index (κ3) is 3.10. The number of carbonyl (C=O) groups excluding carboxylic acids is 1. The van der Waals surface area contributed by atoms with Crippen molar-refractivity contribution in [3.8, 4) is 0 Å². The van der Waals surface area contributed by atoms with Gasteiger partial charge in [0.15, 0.2) is 0 Å². The molecule has 0 radical (unpaired) electrons. The van der Waals surface area contributed by atoms with Gasteiger partial charge >= 0.3 is 0 Å². The van der Waals surface area contributed by atoms with Crippen LogP contribution in [0.5, 0.6) is 0 Å². The van der Waals surface area contributed by atoms with Gasteiger partial charge in [-0.3, -0.25) is 14.5 Å². The molecule has 0 spiro atoms. The number of hydrogen-bond donors (Lipinski definition) is 0. The molecule has 1 saturated heterocycles. The van der Waals surface area contributed by atoms with Crippen LogP contribution in [0.15, 0.2) is 29.1 Å². The van der Waals surface area contributed by atoms with Crippen LogP contribution in [0.25, 0.3) is 10.9 Å². The van der Waals surface area contributed by atoms with E-state index in [9.17, 15) is 9.59 Å². The van der Waals surface area contributed by atoms with Crippen LogP contribution < -0.4 is 5.56 Å². The minimum absolute atomic E-state index is 0.0624. The van der Waals surface area contributed by atoms with Gasteiger partial charge in [0.05, 0.1) is 5.39 Å². The van der Waals surface area contributed by atoms with E-state index in [2.05, 4.69) is 22.1 Å². The lowest BCUT2D eigenvalue weighted by atomic mass is 10.2. The Kier molecular flexibility index (Phi) is 4.38. The second-order valence-corrected chi connectivity index (χ2v) is 5.90. The molecule has 1 aliphatic rings. The SMILES string of the molecule is CCN1CCN(C(=O)Cn2nnc3ccccc3c2=O)[C@H](C)C1. The Balaban J connectivity index is 1.78. The summed E-state index contributed by atoms with van der Waals surface area (Å²) in [7, 11) is 0. The van der Waals surface area contributed by atoms with E-state index in [4.69, 9.17) is 0 Å². The van der Waals surface area contributed by atoms with Crippen LogP contribution in [0, 0.1) is 0 Å². The lowest BCUT2D eigenvalue weighted by Crippen LogP contribution is -2.54. The van der Waals surface area contributed by atoms with E-state index < -0.39 is 0 Å². The van der Waals surface area contributed by atoms with Crippen LogP contribution in [-0.2, 0) is 11.3 Å². The first-order valence-corrected chi connectivity index (χ1v) is 7.94. The molecule has 7 heteroatoms. The molecule has 23 heavy (non-hydrogen) atoms. The molecule has 3 rings (SSSR count). The number of carbonyl (C=O) groups is 1. The van der Waals surface area contributed by atoms with Crippen molar-refractivity contribution in [3.05, 3.63) is 34.6 Å². The smallest absolute Gasteiger partial charge is 0.278 e. The predicted octanol–water partition coefficient (Wildman–Crippen LogP) is 0.344. The summed E-state index contributed by atoms with van der Waals surface area (Å²) in [6, 6.07) is 7.17. The zero-order valence-corrected chi connectivity index (χ0v) is 13.5. The van der Waals surface area contributed by atoms with Crippen LogP contribution in [0.1, 0.15) is 13.8 Å². The highest BCUT2D eigenvalue weighted by molar-refractivity contribution is 5.78. The molecule has 0 bridgehead atoms. The number of fused-ring (bicyclic) bond motifs is 1. The van der Waals surface area contributed by atoms with E-state index in [0.29, 0.717) is 17.4 Å². The molecule has 1 aliphatic heterocycles. The molecular weight excluding hydrogens is 294 g/mol. The lowest BCUT2D eigenvalue weighted by molar-refractivity contribution is -0.136. The molecule has 7 nitrogen and oxygen atoms in total. The fourth-order valence-electron chi connectivity index (χ4n) is 3.04. The minimum atomic E-state index is -0.274. The number of amides is 1. The Morgan fingerprint density at radius 2 is 2.09 bits per heavy atom. The van der Waals surface area contributed by atoms with E-state index >= 15 is 0 Å². The molecule has 1 fully saturated rings. The number of rotatable bonds is 3. The Morgan fingerprint density at radius 1 is 1.30 bits per heavy atom. The van der Waals surface area contributed by atoms with Crippen molar-refractivity contribution in [2.24, 2.45) is 0 Å². The van der Waals surface area contributed by atoms with Gasteiger partial charge in [-0.25, -0.2) is 4.68 Å². The first-order valence-electron chi connectivity index (χ1n) is 7.94. The molecule has 1 aromatic heterocycles. The van der Waals surface area contributed by atoms with E-state index in [0.717, 1.165) is 24.3 Å². The molecule has 0 unspecified atom stereocenters. The monoisotopic (exact) mass is 315 g/mol. The number of piperazine rings is 1. The number of likely N-dealkylation sites (N-methyl/N-ethyl adjacent to an activating group) is 1. The highest BCUT2D eigenvalue weighted by Crippen LogP contribution is 2.10. The van der Waals surface area contributed by atoms with Gasteiger partial charge in [0.1, 0.15) is 12.1 Å². The van der Waals surface area contributed by atoms with Crippen molar-refractivity contribution >= 4 is 16.8 Å². The maximum atomic E-state index is 12.5. The van der Waals surface area contributed by atoms with Gasteiger partial charge in [-0.15, -0.1) is 5.10 Å². The van der Waals surface area contributed by atoms with Gasteiger partial charge < -0.3 is 4.90 Å². The fraction of sp³-hybridized carbons (Fsp3) is 0.500. The van der Waals surface area contributed by atoms with E-state index in [1.165, 1.54) is 0 Å². The molecule has 0 N–H and O–H groups in total. The van der Waals surface area contributed by atoms with Crippen molar-refractivity contribution < 1.29 is 4.79 Å². The summed E-state index contributed by atoms with van der Waals surface area (Å²) in [6.45, 7) is 7.49.